The van der Waals surface area contributed by atoms with Gasteiger partial charge in [-0.25, -0.2) is 0 Å². The Morgan fingerprint density at radius 3 is 2.62 bits per heavy atom. The van der Waals surface area contributed by atoms with Gasteiger partial charge in [-0.15, -0.1) is 0 Å². The fraction of sp³-hybridized carbons (Fsp3) is 0.300. The zero-order valence-electron chi connectivity index (χ0n) is 8.91. The number of nitro groups is 1. The predicted octanol–water partition coefficient (Wildman–Crippen LogP) is 2.77. The monoisotopic (exact) mass is 242 g/mol. The Balaban J connectivity index is 3.30. The van der Waals surface area contributed by atoms with E-state index in [-0.39, 0.29) is 17.3 Å². The zero-order chi connectivity index (χ0) is 12.3. The first-order valence-corrected chi connectivity index (χ1v) is 5.08. The standard InChI is InChI=1S/C10H11ClN2O3/c1-3-7-4-10(13(15)16)9(5-8(7)11)12-6(2)14/h4-5H,3H2,1-2H3,(H,12,14). The van der Waals surface area contributed by atoms with E-state index in [0.717, 1.165) is 0 Å². The number of nitrogens with zero attached hydrogens (tertiary/aromatic N) is 1. The third kappa shape index (κ3) is 2.70. The first-order chi connectivity index (χ1) is 7.45. The van der Waals surface area contributed by atoms with Crippen molar-refractivity contribution in [2.24, 2.45) is 0 Å². The topological polar surface area (TPSA) is 72.2 Å². The molecule has 0 fully saturated rings. The Morgan fingerprint density at radius 2 is 2.19 bits per heavy atom. The zero-order valence-corrected chi connectivity index (χ0v) is 9.67. The highest BCUT2D eigenvalue weighted by molar-refractivity contribution is 6.31. The van der Waals surface area contributed by atoms with Gasteiger partial charge in [0.25, 0.3) is 5.69 Å². The van der Waals surface area contributed by atoms with E-state index in [1.807, 2.05) is 6.92 Å². The van der Waals surface area contributed by atoms with Gasteiger partial charge in [-0.2, -0.15) is 0 Å². The molecule has 0 atom stereocenters. The lowest BCUT2D eigenvalue weighted by atomic mass is 10.1. The van der Waals surface area contributed by atoms with Crippen LogP contribution in [0.4, 0.5) is 11.4 Å². The molecule has 1 rings (SSSR count). The molecule has 0 saturated heterocycles. The van der Waals surface area contributed by atoms with E-state index in [1.54, 1.807) is 0 Å². The van der Waals surface area contributed by atoms with Crippen molar-refractivity contribution in [2.75, 3.05) is 5.32 Å². The van der Waals surface area contributed by atoms with Crippen molar-refractivity contribution in [2.45, 2.75) is 20.3 Å². The average molecular weight is 243 g/mol. The lowest BCUT2D eigenvalue weighted by Gasteiger charge is -2.07. The molecule has 1 amide bonds. The van der Waals surface area contributed by atoms with E-state index in [0.29, 0.717) is 17.0 Å². The minimum Gasteiger partial charge on any atom is -0.321 e. The number of hydrogen-bond donors (Lipinski definition) is 1. The summed E-state index contributed by atoms with van der Waals surface area (Å²) in [5.41, 5.74) is 0.665. The molecule has 1 aromatic carbocycles. The van der Waals surface area contributed by atoms with Crippen LogP contribution in [0.3, 0.4) is 0 Å². The molecule has 0 spiro atoms. The van der Waals surface area contributed by atoms with Gasteiger partial charge in [0.15, 0.2) is 0 Å². The van der Waals surface area contributed by atoms with Crippen LogP contribution in [0.2, 0.25) is 5.02 Å². The Morgan fingerprint density at radius 1 is 1.56 bits per heavy atom. The summed E-state index contributed by atoms with van der Waals surface area (Å²) < 4.78 is 0. The number of hydrogen-bond acceptors (Lipinski definition) is 3. The minimum absolute atomic E-state index is 0.125. The van der Waals surface area contributed by atoms with Crippen molar-refractivity contribution in [3.05, 3.63) is 32.8 Å². The molecule has 0 saturated carbocycles. The van der Waals surface area contributed by atoms with Gasteiger partial charge in [0, 0.05) is 18.0 Å². The predicted molar refractivity (Wildman–Crippen MR) is 61.8 cm³/mol. The molecule has 0 bridgehead atoms. The lowest BCUT2D eigenvalue weighted by Crippen LogP contribution is -2.08. The minimum atomic E-state index is -0.541. The summed E-state index contributed by atoms with van der Waals surface area (Å²) in [5.74, 6) is -0.372. The number of carbonyl (C=O) groups excluding carboxylic acids is 1. The van der Waals surface area contributed by atoms with Crippen molar-refractivity contribution < 1.29 is 9.72 Å². The first-order valence-electron chi connectivity index (χ1n) is 4.70. The summed E-state index contributed by atoms with van der Waals surface area (Å²) in [7, 11) is 0. The van der Waals surface area contributed by atoms with Gasteiger partial charge >= 0.3 is 0 Å². The smallest absolute Gasteiger partial charge is 0.293 e. The number of nitro benzene ring substituents is 1. The van der Waals surface area contributed by atoms with Crippen molar-refractivity contribution in [1.82, 2.24) is 0 Å². The molecule has 1 N–H and O–H groups in total. The highest BCUT2D eigenvalue weighted by Crippen LogP contribution is 2.31. The maximum atomic E-state index is 10.9. The molecule has 0 aliphatic rings. The summed E-state index contributed by atoms with van der Waals surface area (Å²) >= 11 is 5.92. The van der Waals surface area contributed by atoms with Crippen molar-refractivity contribution in [3.63, 3.8) is 0 Å². The second-order valence-electron chi connectivity index (χ2n) is 3.25. The second kappa shape index (κ2) is 4.94. The van der Waals surface area contributed by atoms with Crippen molar-refractivity contribution >= 4 is 28.9 Å². The molecule has 16 heavy (non-hydrogen) atoms. The van der Waals surface area contributed by atoms with Crippen LogP contribution in [0, 0.1) is 10.1 Å². The number of nitrogens with one attached hydrogen (secondary N) is 1. The molecule has 5 nitrogen and oxygen atoms in total. The number of anilines is 1. The van der Waals surface area contributed by atoms with Gasteiger partial charge < -0.3 is 5.32 Å². The normalized spacial score (nSPS) is 9.94. The maximum absolute atomic E-state index is 10.9. The Bertz CT molecular complexity index is 446. The van der Waals surface area contributed by atoms with Gasteiger partial charge in [0.2, 0.25) is 5.91 Å². The molecule has 0 aliphatic carbocycles. The quantitative estimate of drug-likeness (QED) is 0.654. The van der Waals surface area contributed by atoms with E-state index >= 15 is 0 Å². The fourth-order valence-corrected chi connectivity index (χ4v) is 1.61. The van der Waals surface area contributed by atoms with Gasteiger partial charge in [0.1, 0.15) is 5.69 Å². The van der Waals surface area contributed by atoms with Crippen molar-refractivity contribution in [3.8, 4) is 0 Å². The van der Waals surface area contributed by atoms with Gasteiger partial charge in [-0.1, -0.05) is 18.5 Å². The summed E-state index contributed by atoms with van der Waals surface area (Å²) in [4.78, 5) is 21.1. The first kappa shape index (κ1) is 12.4. The molecule has 1 aromatic rings. The Kier molecular flexibility index (Phi) is 3.84. The summed E-state index contributed by atoms with van der Waals surface area (Å²) in [5, 5.41) is 13.6. The number of halogens is 1. The molecular formula is C10H11ClN2O3. The van der Waals surface area contributed by atoms with E-state index in [2.05, 4.69) is 5.32 Å². The summed E-state index contributed by atoms with van der Waals surface area (Å²) in [6, 6.07) is 2.79. The lowest BCUT2D eigenvalue weighted by molar-refractivity contribution is -0.384. The van der Waals surface area contributed by atoms with Crippen LogP contribution in [-0.4, -0.2) is 10.8 Å². The SMILES string of the molecule is CCc1cc([N+](=O)[O-])c(NC(C)=O)cc1Cl. The van der Waals surface area contributed by atoms with Crippen LogP contribution in [0.25, 0.3) is 0 Å². The molecule has 6 heteroatoms. The number of carbonyl (C=O) groups is 1. The summed E-state index contributed by atoms with van der Waals surface area (Å²) in [6.45, 7) is 3.13. The van der Waals surface area contributed by atoms with E-state index in [4.69, 9.17) is 11.6 Å². The highest BCUT2D eigenvalue weighted by atomic mass is 35.5. The molecule has 0 aromatic heterocycles. The molecular weight excluding hydrogens is 232 g/mol. The Hall–Kier alpha value is -1.62. The maximum Gasteiger partial charge on any atom is 0.293 e. The number of rotatable bonds is 3. The van der Waals surface area contributed by atoms with E-state index in [1.165, 1.54) is 19.1 Å². The Labute approximate surface area is 97.6 Å². The van der Waals surface area contributed by atoms with Crippen LogP contribution in [0.5, 0.6) is 0 Å². The number of aryl methyl sites for hydroxylation is 1. The molecule has 0 unspecified atom stereocenters. The molecule has 86 valence electrons. The van der Waals surface area contributed by atoms with E-state index < -0.39 is 4.92 Å². The van der Waals surface area contributed by atoms with Crippen LogP contribution in [0.15, 0.2) is 12.1 Å². The second-order valence-corrected chi connectivity index (χ2v) is 3.66. The fourth-order valence-electron chi connectivity index (χ4n) is 1.32. The van der Waals surface area contributed by atoms with Crippen LogP contribution < -0.4 is 5.32 Å². The molecule has 0 heterocycles. The van der Waals surface area contributed by atoms with Gasteiger partial charge in [-0.3, -0.25) is 14.9 Å². The van der Waals surface area contributed by atoms with Gasteiger partial charge in [0.05, 0.1) is 4.92 Å². The van der Waals surface area contributed by atoms with Crippen LogP contribution >= 0.6 is 11.6 Å². The molecule has 0 radical (unpaired) electrons. The van der Waals surface area contributed by atoms with Gasteiger partial charge in [-0.05, 0) is 18.1 Å². The van der Waals surface area contributed by atoms with Crippen LogP contribution in [0.1, 0.15) is 19.4 Å². The van der Waals surface area contributed by atoms with E-state index in [9.17, 15) is 14.9 Å². The third-order valence-electron chi connectivity index (χ3n) is 2.05. The van der Waals surface area contributed by atoms with Crippen LogP contribution in [-0.2, 0) is 11.2 Å². The third-order valence-corrected chi connectivity index (χ3v) is 2.40. The van der Waals surface area contributed by atoms with Crippen molar-refractivity contribution in [1.29, 1.82) is 0 Å². The number of benzene rings is 1. The highest BCUT2D eigenvalue weighted by Gasteiger charge is 2.17. The summed E-state index contributed by atoms with van der Waals surface area (Å²) in [6.07, 6.45) is 0.597. The largest absolute Gasteiger partial charge is 0.321 e. The number of amides is 1. The molecule has 0 aliphatic heterocycles. The average Bonchev–Trinajstić information content (AvgIpc) is 2.16.